The molecule has 0 amide bonds. The Morgan fingerprint density at radius 2 is 1.86 bits per heavy atom. The van der Waals surface area contributed by atoms with Crippen molar-refractivity contribution in [2.45, 2.75) is 22.7 Å². The van der Waals surface area contributed by atoms with E-state index in [2.05, 4.69) is 10.1 Å². The van der Waals surface area contributed by atoms with Crippen LogP contribution in [0.25, 0.3) is 0 Å². The van der Waals surface area contributed by atoms with Crippen LogP contribution in [0.3, 0.4) is 0 Å². The first-order valence-corrected chi connectivity index (χ1v) is 7.59. The number of rotatable bonds is 3. The largest absolute Gasteiger partial charge is 0.491 e. The van der Waals surface area contributed by atoms with Gasteiger partial charge in [-0.2, -0.15) is 13.2 Å². The Balaban J connectivity index is 2.14. The maximum absolute atomic E-state index is 12.2. The van der Waals surface area contributed by atoms with E-state index in [0.717, 1.165) is 24.3 Å². The molecule has 1 saturated heterocycles. The molecule has 21 heavy (non-hydrogen) atoms. The molecule has 5 nitrogen and oxygen atoms in total. The fraction of sp³-hybridized carbons (Fsp3) is 0.417. The topological polar surface area (TPSA) is 72.5 Å². The van der Waals surface area contributed by atoms with Gasteiger partial charge >= 0.3 is 12.1 Å². The number of sulfone groups is 1. The zero-order chi connectivity index (χ0) is 15.7. The molecule has 0 aliphatic carbocycles. The lowest BCUT2D eigenvalue weighted by molar-refractivity contribution is -0.189. The van der Waals surface area contributed by atoms with Crippen LogP contribution in [-0.2, 0) is 14.6 Å². The van der Waals surface area contributed by atoms with E-state index in [1.807, 2.05) is 0 Å². The average molecular weight is 323 g/mol. The molecule has 1 aromatic carbocycles. The molecule has 1 N–H and O–H groups in total. The van der Waals surface area contributed by atoms with Crippen molar-refractivity contribution >= 4 is 15.8 Å². The highest BCUT2D eigenvalue weighted by molar-refractivity contribution is 7.92. The third-order valence-electron chi connectivity index (χ3n) is 3.05. The molecule has 1 atom stereocenters. The standard InChI is InChI=1S/C12H12F3NO4S/c13-12(14,15)11(17)20-8-1-3-9(4-2-8)21(18,19)10-5-6-16-7-10/h1-4,10,16H,5-7H2/t10-/m0/s1. The average Bonchev–Trinajstić information content (AvgIpc) is 2.92. The van der Waals surface area contributed by atoms with Gasteiger partial charge in [0.25, 0.3) is 0 Å². The number of esters is 1. The molecule has 0 unspecified atom stereocenters. The monoisotopic (exact) mass is 323 g/mol. The number of carbonyl (C=O) groups is 1. The maximum atomic E-state index is 12.2. The predicted molar refractivity (Wildman–Crippen MR) is 66.6 cm³/mol. The van der Waals surface area contributed by atoms with Gasteiger partial charge in [0.1, 0.15) is 5.75 Å². The molecule has 0 bridgehead atoms. The van der Waals surface area contributed by atoms with Crippen LogP contribution in [0.15, 0.2) is 29.2 Å². The summed E-state index contributed by atoms with van der Waals surface area (Å²) in [6, 6.07) is 4.32. The minimum Gasteiger partial charge on any atom is -0.420 e. The molecular formula is C12H12F3NO4S. The van der Waals surface area contributed by atoms with Crippen molar-refractivity contribution in [1.82, 2.24) is 5.32 Å². The summed E-state index contributed by atoms with van der Waals surface area (Å²) in [6.45, 7) is 0.943. The number of halogens is 3. The normalized spacial score (nSPS) is 19.5. The molecule has 9 heteroatoms. The van der Waals surface area contributed by atoms with E-state index in [1.54, 1.807) is 0 Å². The lowest BCUT2D eigenvalue weighted by Gasteiger charge is -2.11. The molecule has 2 rings (SSSR count). The fourth-order valence-corrected chi connectivity index (χ4v) is 3.61. The molecule has 0 saturated carbocycles. The molecule has 1 aromatic rings. The molecule has 0 radical (unpaired) electrons. The molecule has 1 aliphatic rings. The highest BCUT2D eigenvalue weighted by Crippen LogP contribution is 2.24. The third-order valence-corrected chi connectivity index (χ3v) is 5.26. The Morgan fingerprint density at radius 1 is 1.24 bits per heavy atom. The summed E-state index contributed by atoms with van der Waals surface area (Å²) in [4.78, 5) is 10.6. The fourth-order valence-electron chi connectivity index (χ4n) is 1.95. The van der Waals surface area contributed by atoms with Gasteiger partial charge in [0, 0.05) is 6.54 Å². The number of hydrogen-bond acceptors (Lipinski definition) is 5. The van der Waals surface area contributed by atoms with Crippen LogP contribution in [0, 0.1) is 0 Å². The van der Waals surface area contributed by atoms with E-state index >= 15 is 0 Å². The number of nitrogens with one attached hydrogen (secondary N) is 1. The van der Waals surface area contributed by atoms with Gasteiger partial charge in [-0.15, -0.1) is 0 Å². The van der Waals surface area contributed by atoms with Crippen LogP contribution in [-0.4, -0.2) is 38.9 Å². The molecule has 0 aromatic heterocycles. The van der Waals surface area contributed by atoms with Crippen LogP contribution < -0.4 is 10.1 Å². The highest BCUT2D eigenvalue weighted by Gasteiger charge is 2.41. The van der Waals surface area contributed by atoms with E-state index < -0.39 is 27.2 Å². The maximum Gasteiger partial charge on any atom is 0.491 e. The van der Waals surface area contributed by atoms with E-state index in [0.29, 0.717) is 19.5 Å². The first-order chi connectivity index (χ1) is 9.71. The van der Waals surface area contributed by atoms with Crippen molar-refractivity contribution in [2.24, 2.45) is 0 Å². The number of benzene rings is 1. The van der Waals surface area contributed by atoms with Crippen molar-refractivity contribution in [3.8, 4) is 5.75 Å². The number of alkyl halides is 3. The van der Waals surface area contributed by atoms with Crippen molar-refractivity contribution < 1.29 is 31.1 Å². The van der Waals surface area contributed by atoms with E-state index in [1.165, 1.54) is 0 Å². The lowest BCUT2D eigenvalue weighted by atomic mass is 10.3. The van der Waals surface area contributed by atoms with Gasteiger partial charge in [-0.05, 0) is 37.2 Å². The first-order valence-electron chi connectivity index (χ1n) is 6.05. The van der Waals surface area contributed by atoms with Crippen LogP contribution in [0.4, 0.5) is 13.2 Å². The second-order valence-electron chi connectivity index (χ2n) is 4.52. The third kappa shape index (κ3) is 3.53. The predicted octanol–water partition coefficient (Wildman–Crippen LogP) is 1.29. The summed E-state index contributed by atoms with van der Waals surface area (Å²) < 4.78 is 64.6. The van der Waals surface area contributed by atoms with E-state index in [4.69, 9.17) is 0 Å². The number of ether oxygens (including phenoxy) is 1. The van der Waals surface area contributed by atoms with Crippen molar-refractivity contribution in [1.29, 1.82) is 0 Å². The van der Waals surface area contributed by atoms with Crippen LogP contribution in [0.2, 0.25) is 0 Å². The van der Waals surface area contributed by atoms with Gasteiger partial charge in [0.05, 0.1) is 10.1 Å². The summed E-state index contributed by atoms with van der Waals surface area (Å²) >= 11 is 0. The highest BCUT2D eigenvalue weighted by atomic mass is 32.2. The van der Waals surface area contributed by atoms with Crippen LogP contribution in [0.1, 0.15) is 6.42 Å². The second-order valence-corrected chi connectivity index (χ2v) is 6.75. The zero-order valence-electron chi connectivity index (χ0n) is 10.7. The minimum absolute atomic E-state index is 0.0111. The number of hydrogen-bond donors (Lipinski definition) is 1. The minimum atomic E-state index is -5.10. The Morgan fingerprint density at radius 3 is 2.33 bits per heavy atom. The van der Waals surface area contributed by atoms with Gasteiger partial charge in [0.15, 0.2) is 9.84 Å². The summed E-state index contributed by atoms with van der Waals surface area (Å²) in [7, 11) is -3.54. The van der Waals surface area contributed by atoms with E-state index in [-0.39, 0.29) is 10.6 Å². The molecular weight excluding hydrogens is 311 g/mol. The molecule has 0 spiro atoms. The van der Waals surface area contributed by atoms with Gasteiger partial charge in [0.2, 0.25) is 0 Å². The molecule has 1 fully saturated rings. The Hall–Kier alpha value is -1.61. The van der Waals surface area contributed by atoms with Crippen LogP contribution >= 0.6 is 0 Å². The van der Waals surface area contributed by atoms with Gasteiger partial charge in [-0.25, -0.2) is 13.2 Å². The smallest absolute Gasteiger partial charge is 0.420 e. The van der Waals surface area contributed by atoms with E-state index in [9.17, 15) is 26.4 Å². The zero-order valence-corrected chi connectivity index (χ0v) is 11.5. The Labute approximate surface area is 119 Å². The number of carbonyl (C=O) groups excluding carboxylic acids is 1. The molecule has 1 aliphatic heterocycles. The Bertz CT molecular complexity index is 619. The van der Waals surface area contributed by atoms with Gasteiger partial charge < -0.3 is 10.1 Å². The first kappa shape index (κ1) is 15.8. The van der Waals surface area contributed by atoms with Gasteiger partial charge in [-0.1, -0.05) is 0 Å². The SMILES string of the molecule is O=C(Oc1ccc(S(=O)(=O)[C@H]2CCNC2)cc1)C(F)(F)F. The quantitative estimate of drug-likeness (QED) is 0.670. The van der Waals surface area contributed by atoms with Crippen molar-refractivity contribution in [3.05, 3.63) is 24.3 Å². The van der Waals surface area contributed by atoms with Crippen molar-refractivity contribution in [2.75, 3.05) is 13.1 Å². The van der Waals surface area contributed by atoms with Crippen molar-refractivity contribution in [3.63, 3.8) is 0 Å². The summed E-state index contributed by atoms with van der Waals surface area (Å²) in [5, 5.41) is 2.37. The van der Waals surface area contributed by atoms with Crippen LogP contribution in [0.5, 0.6) is 5.75 Å². The van der Waals surface area contributed by atoms with Gasteiger partial charge in [-0.3, -0.25) is 0 Å². The summed E-state index contributed by atoms with van der Waals surface area (Å²) in [6.07, 6.45) is -4.62. The summed E-state index contributed by atoms with van der Waals surface area (Å²) in [5.74, 6) is -2.71. The molecule has 116 valence electrons. The summed E-state index contributed by atoms with van der Waals surface area (Å²) in [5.41, 5.74) is 0. The lowest BCUT2D eigenvalue weighted by Crippen LogP contribution is -2.28. The molecule has 1 heterocycles. The second kappa shape index (κ2) is 5.64. The Kier molecular flexibility index (Phi) is 4.24.